The number of pyridine rings is 1. The summed E-state index contributed by atoms with van der Waals surface area (Å²) in [5, 5.41) is 41.9. The predicted octanol–water partition coefficient (Wildman–Crippen LogP) is 5.28. The van der Waals surface area contributed by atoms with E-state index >= 15 is 0 Å². The number of carbonyl (C=O) groups excluding carboxylic acids is 1. The van der Waals surface area contributed by atoms with Crippen molar-refractivity contribution in [1.29, 1.82) is 10.5 Å². The van der Waals surface area contributed by atoms with Gasteiger partial charge in [0.15, 0.2) is 0 Å². The molecule has 0 bridgehead atoms. The topological polar surface area (TPSA) is 145 Å². The van der Waals surface area contributed by atoms with Gasteiger partial charge in [-0.2, -0.15) is 10.5 Å². The lowest BCUT2D eigenvalue weighted by molar-refractivity contribution is -0.124. The van der Waals surface area contributed by atoms with Gasteiger partial charge in [0, 0.05) is 49.1 Å². The summed E-state index contributed by atoms with van der Waals surface area (Å²) in [6.07, 6.45) is 6.15. The molecule has 1 aliphatic rings. The number of phenolic OH excluding ortho intramolecular Hbond substituents is 1. The quantitative estimate of drug-likeness (QED) is 0.124. The summed E-state index contributed by atoms with van der Waals surface area (Å²) >= 11 is 0. The third-order valence-electron chi connectivity index (χ3n) is 7.61. The fourth-order valence-electron chi connectivity index (χ4n) is 5.31. The van der Waals surface area contributed by atoms with Crippen LogP contribution in [0.25, 0.3) is 28.3 Å². The molecule has 1 amide bonds. The summed E-state index contributed by atoms with van der Waals surface area (Å²) in [6, 6.07) is 23.0. The van der Waals surface area contributed by atoms with E-state index in [-0.39, 0.29) is 17.4 Å². The van der Waals surface area contributed by atoms with E-state index in [9.17, 15) is 24.8 Å². The van der Waals surface area contributed by atoms with E-state index in [1.54, 1.807) is 48.1 Å². The molecule has 0 unspecified atom stereocenters. The maximum absolute atomic E-state index is 14.8. The highest BCUT2D eigenvalue weighted by molar-refractivity contribution is 5.91. The summed E-state index contributed by atoms with van der Waals surface area (Å²) in [4.78, 5) is 17.9. The SMILES string of the molecule is N#Cc1ccc(-c2c(-c3cccc(O)c3)cnc(N3CCC(NCc4ccc(/C=C/C(=O)NO)cc4)CC3)c2C#N)cc1F. The van der Waals surface area contributed by atoms with Crippen molar-refractivity contribution in [2.75, 3.05) is 18.0 Å². The summed E-state index contributed by atoms with van der Waals surface area (Å²) in [7, 11) is 0. The van der Waals surface area contributed by atoms with E-state index in [0.717, 1.165) is 24.0 Å². The Morgan fingerprint density at radius 1 is 1.05 bits per heavy atom. The first-order valence-corrected chi connectivity index (χ1v) is 14.0. The number of amides is 1. The first kappa shape index (κ1) is 29.9. The molecule has 10 heteroatoms. The highest BCUT2D eigenvalue weighted by atomic mass is 19.1. The second kappa shape index (κ2) is 13.6. The molecule has 1 fully saturated rings. The number of phenols is 1. The Morgan fingerprint density at radius 2 is 1.82 bits per heavy atom. The summed E-state index contributed by atoms with van der Waals surface area (Å²) in [5.74, 6) is -0.711. The van der Waals surface area contributed by atoms with Crippen LogP contribution in [0.15, 0.2) is 79.0 Å². The van der Waals surface area contributed by atoms with E-state index in [1.165, 1.54) is 18.2 Å². The van der Waals surface area contributed by atoms with Gasteiger partial charge in [-0.1, -0.05) is 42.5 Å². The molecule has 0 saturated carbocycles. The van der Waals surface area contributed by atoms with E-state index in [4.69, 9.17) is 10.2 Å². The van der Waals surface area contributed by atoms with Crippen LogP contribution in [0.1, 0.15) is 35.1 Å². The molecular formula is C34H29FN6O3. The molecule has 0 aliphatic carbocycles. The van der Waals surface area contributed by atoms with Crippen molar-refractivity contribution in [2.24, 2.45) is 0 Å². The number of rotatable bonds is 8. The van der Waals surface area contributed by atoms with Gasteiger partial charge in [0.2, 0.25) is 0 Å². The molecule has 5 rings (SSSR count). The molecule has 4 N–H and O–H groups in total. The van der Waals surface area contributed by atoms with Crippen molar-refractivity contribution in [3.8, 4) is 40.1 Å². The van der Waals surface area contributed by atoms with Crippen LogP contribution in [-0.4, -0.2) is 40.3 Å². The first-order valence-electron chi connectivity index (χ1n) is 14.0. The normalized spacial score (nSPS) is 13.4. The maximum Gasteiger partial charge on any atom is 0.267 e. The molecule has 3 aromatic carbocycles. The van der Waals surface area contributed by atoms with Gasteiger partial charge < -0.3 is 15.3 Å². The van der Waals surface area contributed by atoms with E-state index < -0.39 is 11.7 Å². The molecule has 0 atom stereocenters. The number of aromatic nitrogens is 1. The molecule has 4 aromatic rings. The van der Waals surface area contributed by atoms with Gasteiger partial charge in [0.1, 0.15) is 35.1 Å². The Balaban J connectivity index is 1.34. The van der Waals surface area contributed by atoms with E-state index in [0.29, 0.717) is 53.3 Å². The minimum absolute atomic E-state index is 0.0523. The lowest BCUT2D eigenvalue weighted by Crippen LogP contribution is -2.42. The standard InChI is InChI=1S/C34H29FN6O3/c35-31-17-25(9-10-26(31)18-36)33-29(19-37)34(39-21-30(33)24-2-1-3-28(42)16-24)41-14-12-27(13-15-41)38-20-23-6-4-22(5-7-23)8-11-32(43)40-44/h1-11,16-17,21,27,38,42,44H,12-15,20H2,(H,40,43)/b11-8+. The highest BCUT2D eigenvalue weighted by Crippen LogP contribution is 2.40. The van der Waals surface area contributed by atoms with Crippen LogP contribution in [0.3, 0.4) is 0 Å². The Morgan fingerprint density at radius 3 is 2.48 bits per heavy atom. The number of nitriles is 2. The second-order valence-corrected chi connectivity index (χ2v) is 10.4. The largest absolute Gasteiger partial charge is 0.508 e. The monoisotopic (exact) mass is 588 g/mol. The number of carbonyl (C=O) groups is 1. The number of hydroxylamine groups is 1. The molecule has 2 heterocycles. The molecular weight excluding hydrogens is 559 g/mol. The Bertz CT molecular complexity index is 1780. The number of hydrogen-bond acceptors (Lipinski definition) is 8. The van der Waals surface area contributed by atoms with Crippen molar-refractivity contribution in [1.82, 2.24) is 15.8 Å². The lowest BCUT2D eigenvalue weighted by atomic mass is 9.91. The van der Waals surface area contributed by atoms with Gasteiger partial charge in [-0.15, -0.1) is 0 Å². The van der Waals surface area contributed by atoms with Crippen LogP contribution in [0.5, 0.6) is 5.75 Å². The molecule has 1 aliphatic heterocycles. The number of nitrogens with zero attached hydrogens (tertiary/aromatic N) is 4. The molecule has 1 saturated heterocycles. The van der Waals surface area contributed by atoms with Gasteiger partial charge in [0.25, 0.3) is 5.91 Å². The van der Waals surface area contributed by atoms with E-state index in [1.807, 2.05) is 30.3 Å². The molecule has 0 radical (unpaired) electrons. The third kappa shape index (κ3) is 6.74. The van der Waals surface area contributed by atoms with Gasteiger partial charge in [-0.25, -0.2) is 14.9 Å². The number of benzene rings is 3. The Labute approximate surface area is 254 Å². The summed E-state index contributed by atoms with van der Waals surface area (Å²) in [5.41, 5.74) is 5.82. The third-order valence-corrected chi connectivity index (χ3v) is 7.61. The van der Waals surface area contributed by atoms with Crippen LogP contribution in [0.2, 0.25) is 0 Å². The minimum atomic E-state index is -0.679. The lowest BCUT2D eigenvalue weighted by Gasteiger charge is -2.34. The zero-order valence-electron chi connectivity index (χ0n) is 23.7. The van der Waals surface area contributed by atoms with Gasteiger partial charge in [0.05, 0.1) is 5.56 Å². The Kier molecular flexibility index (Phi) is 9.26. The Hall–Kier alpha value is -5.55. The van der Waals surface area contributed by atoms with E-state index in [2.05, 4.69) is 16.3 Å². The molecule has 220 valence electrons. The number of anilines is 1. The van der Waals surface area contributed by atoms with Crippen molar-refractivity contribution < 1.29 is 19.5 Å². The second-order valence-electron chi connectivity index (χ2n) is 10.4. The summed E-state index contributed by atoms with van der Waals surface area (Å²) in [6.45, 7) is 1.98. The number of aromatic hydroxyl groups is 1. The van der Waals surface area contributed by atoms with Crippen LogP contribution in [-0.2, 0) is 11.3 Å². The van der Waals surface area contributed by atoms with Gasteiger partial charge in [-0.3, -0.25) is 10.0 Å². The van der Waals surface area contributed by atoms with Crippen LogP contribution >= 0.6 is 0 Å². The zero-order chi connectivity index (χ0) is 31.1. The van der Waals surface area contributed by atoms with Crippen molar-refractivity contribution in [3.63, 3.8) is 0 Å². The summed E-state index contributed by atoms with van der Waals surface area (Å²) < 4.78 is 14.8. The zero-order valence-corrected chi connectivity index (χ0v) is 23.7. The number of hydrogen-bond donors (Lipinski definition) is 4. The van der Waals surface area contributed by atoms with Crippen LogP contribution in [0, 0.1) is 28.5 Å². The minimum Gasteiger partial charge on any atom is -0.508 e. The van der Waals surface area contributed by atoms with Crippen LogP contribution in [0.4, 0.5) is 10.2 Å². The molecule has 0 spiro atoms. The number of nitrogens with one attached hydrogen (secondary N) is 2. The van der Waals surface area contributed by atoms with Crippen LogP contribution < -0.4 is 15.7 Å². The molecule has 9 nitrogen and oxygen atoms in total. The molecule has 1 aromatic heterocycles. The average Bonchev–Trinajstić information content (AvgIpc) is 3.06. The maximum atomic E-state index is 14.8. The van der Waals surface area contributed by atoms with Gasteiger partial charge in [-0.05, 0) is 65.4 Å². The van der Waals surface area contributed by atoms with Crippen molar-refractivity contribution >= 4 is 17.8 Å². The fraction of sp³-hybridized carbons (Fsp3) is 0.176. The van der Waals surface area contributed by atoms with Crippen molar-refractivity contribution in [3.05, 3.63) is 107 Å². The number of halogens is 1. The fourth-order valence-corrected chi connectivity index (χ4v) is 5.31. The van der Waals surface area contributed by atoms with Gasteiger partial charge >= 0.3 is 0 Å². The highest BCUT2D eigenvalue weighted by Gasteiger charge is 2.26. The average molecular weight is 589 g/mol. The number of piperidine rings is 1. The molecule has 44 heavy (non-hydrogen) atoms. The smallest absolute Gasteiger partial charge is 0.267 e. The van der Waals surface area contributed by atoms with Crippen molar-refractivity contribution in [2.45, 2.75) is 25.4 Å². The predicted molar refractivity (Wildman–Crippen MR) is 164 cm³/mol. The first-order chi connectivity index (χ1) is 21.4.